The van der Waals surface area contributed by atoms with Gasteiger partial charge in [0.2, 0.25) is 0 Å². The number of carboxylic acids is 1. The third-order valence-corrected chi connectivity index (χ3v) is 3.91. The van der Waals surface area contributed by atoms with E-state index in [1.807, 2.05) is 19.1 Å². The first kappa shape index (κ1) is 13.4. The molecule has 0 fully saturated rings. The molecule has 0 aliphatic carbocycles. The molecular formula is C15H11NO4S. The fraction of sp³-hybridized carbons (Fsp3) is 0.0667. The SMILES string of the molecule is Cc1ccc2oc(C(=O)Nc3ccsc3C(=O)O)cc2c1. The van der Waals surface area contributed by atoms with Crippen molar-refractivity contribution < 1.29 is 19.1 Å². The molecule has 0 saturated carbocycles. The first-order valence-electron chi connectivity index (χ1n) is 6.17. The van der Waals surface area contributed by atoms with Crippen LogP contribution in [0.15, 0.2) is 40.1 Å². The summed E-state index contributed by atoms with van der Waals surface area (Å²) >= 11 is 1.06. The molecule has 106 valence electrons. The summed E-state index contributed by atoms with van der Waals surface area (Å²) in [5.74, 6) is -1.39. The van der Waals surface area contributed by atoms with Gasteiger partial charge in [0.15, 0.2) is 5.76 Å². The largest absolute Gasteiger partial charge is 0.477 e. The van der Waals surface area contributed by atoms with E-state index in [9.17, 15) is 9.59 Å². The molecule has 0 unspecified atom stereocenters. The smallest absolute Gasteiger partial charge is 0.348 e. The Balaban J connectivity index is 1.90. The normalized spacial score (nSPS) is 10.7. The lowest BCUT2D eigenvalue weighted by atomic mass is 10.2. The minimum absolute atomic E-state index is 0.0929. The number of nitrogens with one attached hydrogen (secondary N) is 1. The molecule has 0 aliphatic rings. The van der Waals surface area contributed by atoms with Crippen LogP contribution in [-0.2, 0) is 0 Å². The number of furan rings is 1. The van der Waals surface area contributed by atoms with E-state index in [0.29, 0.717) is 5.58 Å². The van der Waals surface area contributed by atoms with Gasteiger partial charge >= 0.3 is 5.97 Å². The Labute approximate surface area is 123 Å². The van der Waals surface area contributed by atoms with E-state index in [1.165, 1.54) is 0 Å². The maximum atomic E-state index is 12.1. The molecule has 2 N–H and O–H groups in total. The number of fused-ring (bicyclic) bond motifs is 1. The Morgan fingerprint density at radius 2 is 2.05 bits per heavy atom. The van der Waals surface area contributed by atoms with Gasteiger partial charge in [-0.25, -0.2) is 4.79 Å². The molecule has 0 bridgehead atoms. The van der Waals surface area contributed by atoms with Crippen LogP contribution in [0.3, 0.4) is 0 Å². The van der Waals surface area contributed by atoms with Crippen LogP contribution in [0.25, 0.3) is 11.0 Å². The summed E-state index contributed by atoms with van der Waals surface area (Å²) in [4.78, 5) is 23.3. The number of aromatic carboxylic acids is 1. The number of carbonyl (C=O) groups is 2. The van der Waals surface area contributed by atoms with Crippen molar-refractivity contribution in [2.45, 2.75) is 6.92 Å². The summed E-state index contributed by atoms with van der Waals surface area (Å²) in [6.45, 7) is 1.96. The molecule has 0 spiro atoms. The van der Waals surface area contributed by atoms with Gasteiger partial charge in [-0.05, 0) is 36.6 Å². The molecule has 0 aliphatic heterocycles. The van der Waals surface area contributed by atoms with Crippen molar-refractivity contribution in [2.75, 3.05) is 5.32 Å². The molecule has 2 heterocycles. The maximum Gasteiger partial charge on any atom is 0.348 e. The lowest BCUT2D eigenvalue weighted by Crippen LogP contribution is -2.12. The summed E-state index contributed by atoms with van der Waals surface area (Å²) in [5.41, 5.74) is 1.96. The predicted molar refractivity (Wildman–Crippen MR) is 80.2 cm³/mol. The topological polar surface area (TPSA) is 79.5 Å². The second-order valence-corrected chi connectivity index (χ2v) is 5.49. The predicted octanol–water partition coefficient (Wildman–Crippen LogP) is 3.75. The van der Waals surface area contributed by atoms with E-state index >= 15 is 0 Å². The van der Waals surface area contributed by atoms with Crippen molar-refractivity contribution in [3.63, 3.8) is 0 Å². The number of hydrogen-bond donors (Lipinski definition) is 2. The van der Waals surface area contributed by atoms with Gasteiger partial charge in [0.05, 0.1) is 5.69 Å². The summed E-state index contributed by atoms with van der Waals surface area (Å²) in [7, 11) is 0. The van der Waals surface area contributed by atoms with Crippen molar-refractivity contribution in [1.82, 2.24) is 0 Å². The Morgan fingerprint density at radius 3 is 2.81 bits per heavy atom. The van der Waals surface area contributed by atoms with E-state index in [2.05, 4.69) is 5.32 Å². The second-order valence-electron chi connectivity index (χ2n) is 4.57. The van der Waals surface area contributed by atoms with Crippen LogP contribution in [-0.4, -0.2) is 17.0 Å². The summed E-state index contributed by atoms with van der Waals surface area (Å²) in [5, 5.41) is 14.0. The maximum absolute atomic E-state index is 12.1. The summed E-state index contributed by atoms with van der Waals surface area (Å²) in [6.07, 6.45) is 0. The number of carboxylic acid groups (broad SMARTS) is 1. The lowest BCUT2D eigenvalue weighted by Gasteiger charge is -2.01. The van der Waals surface area contributed by atoms with Gasteiger partial charge in [0.25, 0.3) is 5.91 Å². The van der Waals surface area contributed by atoms with Gasteiger partial charge in [0.1, 0.15) is 10.5 Å². The lowest BCUT2D eigenvalue weighted by molar-refractivity contribution is 0.0703. The van der Waals surface area contributed by atoms with Crippen molar-refractivity contribution in [2.24, 2.45) is 0 Å². The van der Waals surface area contributed by atoms with Gasteiger partial charge in [-0.2, -0.15) is 0 Å². The fourth-order valence-corrected chi connectivity index (χ4v) is 2.72. The highest BCUT2D eigenvalue weighted by atomic mass is 32.1. The number of amides is 1. The van der Waals surface area contributed by atoms with Crippen LogP contribution < -0.4 is 5.32 Å². The minimum Gasteiger partial charge on any atom is -0.477 e. The molecule has 21 heavy (non-hydrogen) atoms. The van der Waals surface area contributed by atoms with Gasteiger partial charge in [-0.3, -0.25) is 4.79 Å². The Morgan fingerprint density at radius 1 is 1.24 bits per heavy atom. The molecule has 0 saturated heterocycles. The third kappa shape index (κ3) is 2.53. The molecule has 0 atom stereocenters. The van der Waals surface area contributed by atoms with Crippen LogP contribution in [0.4, 0.5) is 5.69 Å². The van der Waals surface area contributed by atoms with Crippen LogP contribution in [0.5, 0.6) is 0 Å². The number of anilines is 1. The molecular weight excluding hydrogens is 290 g/mol. The Hall–Kier alpha value is -2.60. The number of rotatable bonds is 3. The van der Waals surface area contributed by atoms with Gasteiger partial charge in [-0.15, -0.1) is 11.3 Å². The van der Waals surface area contributed by atoms with E-state index in [-0.39, 0.29) is 16.3 Å². The molecule has 5 nitrogen and oxygen atoms in total. The fourth-order valence-electron chi connectivity index (χ4n) is 2.03. The second kappa shape index (κ2) is 5.06. The average molecular weight is 301 g/mol. The van der Waals surface area contributed by atoms with Crippen LogP contribution in [0, 0.1) is 6.92 Å². The summed E-state index contributed by atoms with van der Waals surface area (Å²) in [6, 6.07) is 8.82. The standard InChI is InChI=1S/C15H11NO4S/c1-8-2-3-11-9(6-8)7-12(20-11)14(17)16-10-4-5-21-13(10)15(18)19/h2-7H,1H3,(H,16,17)(H,18,19). The first-order chi connectivity index (χ1) is 10.0. The van der Waals surface area contributed by atoms with E-state index < -0.39 is 11.9 Å². The van der Waals surface area contributed by atoms with E-state index in [0.717, 1.165) is 22.3 Å². The Bertz CT molecular complexity index is 846. The van der Waals surface area contributed by atoms with E-state index in [1.54, 1.807) is 23.6 Å². The number of aryl methyl sites for hydroxylation is 1. The average Bonchev–Trinajstić information content (AvgIpc) is 3.04. The zero-order chi connectivity index (χ0) is 15.0. The minimum atomic E-state index is -1.07. The zero-order valence-corrected chi connectivity index (χ0v) is 11.9. The number of thiophene rings is 1. The Kier molecular flexibility index (Phi) is 3.23. The number of benzene rings is 1. The number of hydrogen-bond acceptors (Lipinski definition) is 4. The molecule has 3 rings (SSSR count). The molecule has 3 aromatic rings. The van der Waals surface area contributed by atoms with Crippen molar-refractivity contribution >= 4 is 39.9 Å². The van der Waals surface area contributed by atoms with Crippen molar-refractivity contribution in [3.05, 3.63) is 51.9 Å². The highest BCUT2D eigenvalue weighted by Gasteiger charge is 2.17. The van der Waals surface area contributed by atoms with Crippen LogP contribution >= 0.6 is 11.3 Å². The van der Waals surface area contributed by atoms with E-state index in [4.69, 9.17) is 9.52 Å². The van der Waals surface area contributed by atoms with Gasteiger partial charge in [0, 0.05) is 5.39 Å². The molecule has 0 radical (unpaired) electrons. The highest BCUT2D eigenvalue weighted by molar-refractivity contribution is 7.12. The van der Waals surface area contributed by atoms with Gasteiger partial charge < -0.3 is 14.8 Å². The molecule has 1 amide bonds. The van der Waals surface area contributed by atoms with Crippen molar-refractivity contribution in [3.8, 4) is 0 Å². The monoisotopic (exact) mass is 301 g/mol. The quantitative estimate of drug-likeness (QED) is 0.772. The molecule has 1 aromatic carbocycles. The zero-order valence-electron chi connectivity index (χ0n) is 11.0. The first-order valence-corrected chi connectivity index (χ1v) is 7.05. The van der Waals surface area contributed by atoms with Crippen molar-refractivity contribution in [1.29, 1.82) is 0 Å². The van der Waals surface area contributed by atoms with Gasteiger partial charge in [-0.1, -0.05) is 11.6 Å². The van der Waals surface area contributed by atoms with Crippen LogP contribution in [0.2, 0.25) is 0 Å². The number of carbonyl (C=O) groups excluding carboxylic acids is 1. The van der Waals surface area contributed by atoms with Crippen LogP contribution in [0.1, 0.15) is 25.8 Å². The summed E-state index contributed by atoms with van der Waals surface area (Å²) < 4.78 is 5.48. The molecule has 6 heteroatoms. The third-order valence-electron chi connectivity index (χ3n) is 3.00. The molecule has 2 aromatic heterocycles. The highest BCUT2D eigenvalue weighted by Crippen LogP contribution is 2.25.